The Kier molecular flexibility index (Phi) is 3.78. The highest BCUT2D eigenvalue weighted by Gasteiger charge is 1.99. The van der Waals surface area contributed by atoms with Crippen molar-refractivity contribution in [3.63, 3.8) is 0 Å². The van der Waals surface area contributed by atoms with Gasteiger partial charge in [-0.3, -0.25) is 4.79 Å². The highest BCUT2D eigenvalue weighted by atomic mass is 16.3. The van der Waals surface area contributed by atoms with Gasteiger partial charge in [-0.1, -0.05) is 0 Å². The molecule has 0 saturated carbocycles. The van der Waals surface area contributed by atoms with E-state index in [9.17, 15) is 14.5 Å². The lowest BCUT2D eigenvalue weighted by Crippen LogP contribution is -2.30. The number of carbonyl (C=O) groups excluding carboxylic acids is 2. The lowest BCUT2D eigenvalue weighted by molar-refractivity contribution is -0.117. The van der Waals surface area contributed by atoms with Crippen LogP contribution in [0.2, 0.25) is 0 Å². The molecule has 0 radical (unpaired) electrons. The fourth-order valence-electron chi connectivity index (χ4n) is 0.338. The number of carbonyl (C=O) groups is 2. The van der Waals surface area contributed by atoms with Crippen LogP contribution in [0.1, 0.15) is 6.42 Å². The summed E-state index contributed by atoms with van der Waals surface area (Å²) in [6.07, 6.45) is -0.105. The van der Waals surface area contributed by atoms with Crippen LogP contribution in [-0.2, 0) is 4.79 Å². The Hall–Kier alpha value is -1.46. The largest absolute Gasteiger partial charge is 0.352 e. The number of amides is 3. The van der Waals surface area contributed by atoms with Crippen LogP contribution in [0.3, 0.4) is 0 Å². The summed E-state index contributed by atoms with van der Waals surface area (Å²) in [6, 6.07) is -0.723. The average molecular weight is 145 g/mol. The predicted molar refractivity (Wildman–Crippen MR) is 33.0 cm³/mol. The first-order valence-corrected chi connectivity index (χ1v) is 2.56. The maximum Gasteiger partial charge on any atom is 0.312 e. The second-order valence-corrected chi connectivity index (χ2v) is 1.53. The molecular weight excluding hydrogens is 138 g/mol. The Morgan fingerprint density at radius 2 is 2.10 bits per heavy atom. The molecule has 0 fully saturated rings. The summed E-state index contributed by atoms with van der Waals surface area (Å²) in [7, 11) is 0. The molecule has 3 amide bonds. The number of nitrogens with two attached hydrogens (primary N) is 1. The summed E-state index contributed by atoms with van der Waals surface area (Å²) in [4.78, 5) is 29.5. The van der Waals surface area contributed by atoms with Gasteiger partial charge >= 0.3 is 6.03 Å². The lowest BCUT2D eigenvalue weighted by Gasteiger charge is -1.94. The second kappa shape index (κ2) is 4.42. The van der Waals surface area contributed by atoms with E-state index in [1.54, 1.807) is 0 Å². The van der Waals surface area contributed by atoms with Gasteiger partial charge in [-0.05, 0) is 0 Å². The summed E-state index contributed by atoms with van der Waals surface area (Å²) in [5, 5.41) is 4.23. The zero-order valence-corrected chi connectivity index (χ0v) is 5.16. The van der Waals surface area contributed by atoms with E-state index in [4.69, 9.17) is 0 Å². The van der Waals surface area contributed by atoms with E-state index in [1.807, 2.05) is 0 Å². The molecule has 0 aliphatic rings. The van der Waals surface area contributed by atoms with E-state index >= 15 is 0 Å². The first kappa shape index (κ1) is 8.54. The van der Waals surface area contributed by atoms with Crippen molar-refractivity contribution in [3.05, 3.63) is 4.91 Å². The van der Waals surface area contributed by atoms with Crippen molar-refractivity contribution >= 4 is 11.9 Å². The van der Waals surface area contributed by atoms with E-state index in [2.05, 4.69) is 16.2 Å². The Labute approximate surface area is 56.7 Å². The van der Waals surface area contributed by atoms with E-state index in [1.165, 1.54) is 0 Å². The van der Waals surface area contributed by atoms with Gasteiger partial charge in [-0.15, -0.1) is 4.91 Å². The first-order valence-electron chi connectivity index (χ1n) is 2.56. The Morgan fingerprint density at radius 1 is 1.50 bits per heavy atom. The summed E-state index contributed by atoms with van der Waals surface area (Å²) in [6.45, 7) is 0.0555. The van der Waals surface area contributed by atoms with Gasteiger partial charge in [0, 0.05) is 18.1 Å². The number of urea groups is 1. The second-order valence-electron chi connectivity index (χ2n) is 1.53. The molecule has 0 aliphatic heterocycles. The molecule has 56 valence electrons. The molecule has 0 aromatic carbocycles. The van der Waals surface area contributed by atoms with E-state index in [0.717, 1.165) is 0 Å². The molecule has 0 unspecified atom stereocenters. The van der Waals surface area contributed by atoms with E-state index < -0.39 is 11.9 Å². The van der Waals surface area contributed by atoms with Gasteiger partial charge in [0.25, 0.3) is 5.91 Å². The Bertz CT molecular complexity index is 156. The third-order valence-electron chi connectivity index (χ3n) is 0.740. The van der Waals surface area contributed by atoms with Crippen molar-refractivity contribution in [1.82, 2.24) is 5.32 Å². The SMILES string of the molecule is NC(=O)NCCC(=O)N=O. The van der Waals surface area contributed by atoms with Crippen LogP contribution in [0.15, 0.2) is 5.18 Å². The van der Waals surface area contributed by atoms with Crippen LogP contribution < -0.4 is 11.1 Å². The van der Waals surface area contributed by atoms with Gasteiger partial charge in [-0.25, -0.2) is 4.79 Å². The van der Waals surface area contributed by atoms with Crippen molar-refractivity contribution in [3.8, 4) is 0 Å². The number of rotatable bonds is 3. The molecule has 0 aliphatic carbocycles. The molecule has 6 nitrogen and oxygen atoms in total. The standard InChI is InChI=1S/C4H7N3O3/c5-4(9)6-2-1-3(8)7-10/h1-2H2,(H3,5,6,9). The molecule has 0 heterocycles. The van der Waals surface area contributed by atoms with Gasteiger partial charge in [0.15, 0.2) is 0 Å². The minimum Gasteiger partial charge on any atom is -0.352 e. The molecule has 0 atom stereocenters. The summed E-state index contributed by atoms with van der Waals surface area (Å²) in [5.41, 5.74) is 4.65. The smallest absolute Gasteiger partial charge is 0.312 e. The highest BCUT2D eigenvalue weighted by Crippen LogP contribution is 1.80. The molecule has 6 heteroatoms. The maximum atomic E-state index is 10.1. The number of primary amides is 1. The Balaban J connectivity index is 3.28. The highest BCUT2D eigenvalue weighted by molar-refractivity contribution is 5.78. The predicted octanol–water partition coefficient (Wildman–Crippen LogP) is -0.662. The van der Waals surface area contributed by atoms with Crippen molar-refractivity contribution in [2.24, 2.45) is 10.9 Å². The molecule has 3 N–H and O–H groups in total. The third-order valence-corrected chi connectivity index (χ3v) is 0.740. The number of nitrogens with zero attached hydrogens (tertiary/aromatic N) is 1. The van der Waals surface area contributed by atoms with Crippen LogP contribution in [0.5, 0.6) is 0 Å². The van der Waals surface area contributed by atoms with Gasteiger partial charge in [0.1, 0.15) is 0 Å². The maximum absolute atomic E-state index is 10.1. The molecule has 0 aromatic rings. The minimum absolute atomic E-state index is 0.0555. The lowest BCUT2D eigenvalue weighted by atomic mass is 10.4. The number of nitroso groups, excluding NO2 is 1. The van der Waals surface area contributed by atoms with Crippen LogP contribution in [0.4, 0.5) is 4.79 Å². The van der Waals surface area contributed by atoms with Crippen molar-refractivity contribution in [1.29, 1.82) is 0 Å². The number of hydrogen-bond donors (Lipinski definition) is 2. The molecule has 10 heavy (non-hydrogen) atoms. The summed E-state index contributed by atoms with van der Waals surface area (Å²) < 4.78 is 0. The molecule has 0 saturated heterocycles. The van der Waals surface area contributed by atoms with Gasteiger partial charge in [0.05, 0.1) is 0 Å². The monoisotopic (exact) mass is 145 g/mol. The first-order chi connectivity index (χ1) is 4.66. The minimum atomic E-state index is -0.797. The third kappa shape index (κ3) is 4.69. The molecule has 0 rings (SSSR count). The van der Waals surface area contributed by atoms with Gasteiger partial charge in [0.2, 0.25) is 0 Å². The zero-order chi connectivity index (χ0) is 7.98. The van der Waals surface area contributed by atoms with Crippen LogP contribution >= 0.6 is 0 Å². The van der Waals surface area contributed by atoms with Gasteiger partial charge < -0.3 is 11.1 Å². The summed E-state index contributed by atoms with van der Waals surface area (Å²) in [5.74, 6) is -0.797. The molecule has 0 aromatic heterocycles. The Morgan fingerprint density at radius 3 is 2.50 bits per heavy atom. The molecule has 0 spiro atoms. The number of nitrogens with one attached hydrogen (secondary N) is 1. The fraction of sp³-hybridized carbons (Fsp3) is 0.500. The van der Waals surface area contributed by atoms with Crippen molar-refractivity contribution < 1.29 is 9.59 Å². The normalized spacial score (nSPS) is 8.40. The van der Waals surface area contributed by atoms with Gasteiger partial charge in [-0.2, -0.15) is 0 Å². The topological polar surface area (TPSA) is 102 Å². The van der Waals surface area contributed by atoms with E-state index in [-0.39, 0.29) is 13.0 Å². The van der Waals surface area contributed by atoms with Crippen molar-refractivity contribution in [2.75, 3.05) is 6.54 Å². The van der Waals surface area contributed by atoms with Crippen LogP contribution in [0.25, 0.3) is 0 Å². The summed E-state index contributed by atoms with van der Waals surface area (Å²) >= 11 is 0. The van der Waals surface area contributed by atoms with Crippen molar-refractivity contribution in [2.45, 2.75) is 6.42 Å². The van der Waals surface area contributed by atoms with Crippen LogP contribution in [-0.4, -0.2) is 18.5 Å². The van der Waals surface area contributed by atoms with E-state index in [0.29, 0.717) is 0 Å². The fourth-order valence-corrected chi connectivity index (χ4v) is 0.338. The average Bonchev–Trinajstić information content (AvgIpc) is 1.87. The number of hydrogen-bond acceptors (Lipinski definition) is 3. The molecular formula is C4H7N3O3. The molecule has 0 bridgehead atoms. The van der Waals surface area contributed by atoms with Crippen LogP contribution in [0, 0.1) is 4.91 Å². The zero-order valence-electron chi connectivity index (χ0n) is 5.16. The quantitative estimate of drug-likeness (QED) is 0.515.